The number of amides is 1. The summed E-state index contributed by atoms with van der Waals surface area (Å²) in [6, 6.07) is 7.20. The fourth-order valence-corrected chi connectivity index (χ4v) is 3.91. The van der Waals surface area contributed by atoms with E-state index in [1.165, 1.54) is 19.3 Å². The Hall–Kier alpha value is -1.84. The molecule has 2 fully saturated rings. The molecule has 1 aliphatic carbocycles. The van der Waals surface area contributed by atoms with Gasteiger partial charge in [0.05, 0.1) is 12.0 Å². The summed E-state index contributed by atoms with van der Waals surface area (Å²) in [5, 5.41) is 9.21. The average molecular weight is 287 g/mol. The van der Waals surface area contributed by atoms with Gasteiger partial charge in [0.1, 0.15) is 0 Å². The lowest BCUT2D eigenvalue weighted by atomic mass is 9.91. The molecular weight excluding hydrogens is 266 g/mol. The van der Waals surface area contributed by atoms with Crippen molar-refractivity contribution in [2.45, 2.75) is 44.6 Å². The van der Waals surface area contributed by atoms with E-state index in [1.54, 1.807) is 24.3 Å². The molecule has 4 nitrogen and oxygen atoms in total. The summed E-state index contributed by atoms with van der Waals surface area (Å²) in [5.74, 6) is -0.214. The van der Waals surface area contributed by atoms with E-state index in [0.29, 0.717) is 17.5 Å². The van der Waals surface area contributed by atoms with E-state index in [-0.39, 0.29) is 17.9 Å². The summed E-state index contributed by atoms with van der Waals surface area (Å²) in [7, 11) is 0. The minimum atomic E-state index is -0.962. The van der Waals surface area contributed by atoms with Gasteiger partial charge < -0.3 is 10.0 Å². The molecule has 2 aliphatic rings. The van der Waals surface area contributed by atoms with Gasteiger partial charge in [0, 0.05) is 12.6 Å². The summed E-state index contributed by atoms with van der Waals surface area (Å²) >= 11 is 0. The van der Waals surface area contributed by atoms with Gasteiger partial charge in [-0.3, -0.25) is 4.79 Å². The molecule has 21 heavy (non-hydrogen) atoms. The molecule has 1 saturated heterocycles. The first kappa shape index (κ1) is 14.1. The monoisotopic (exact) mass is 287 g/mol. The van der Waals surface area contributed by atoms with Crippen LogP contribution in [0.2, 0.25) is 0 Å². The van der Waals surface area contributed by atoms with Crippen LogP contribution in [0.1, 0.15) is 48.0 Å². The number of piperidine rings is 1. The van der Waals surface area contributed by atoms with Crippen molar-refractivity contribution >= 4 is 11.9 Å². The summed E-state index contributed by atoms with van der Waals surface area (Å²) in [6.45, 7) is 0.829. The number of nitrogens with zero attached hydrogens (tertiary/aromatic N) is 1. The van der Waals surface area contributed by atoms with Crippen LogP contribution >= 0.6 is 0 Å². The molecule has 1 amide bonds. The maximum Gasteiger partial charge on any atom is 0.335 e. The smallest absolute Gasteiger partial charge is 0.335 e. The number of likely N-dealkylation sites (tertiary alicyclic amines) is 1. The summed E-state index contributed by atoms with van der Waals surface area (Å²) in [6.07, 6.45) is 6.07. The number of benzene rings is 1. The van der Waals surface area contributed by atoms with E-state index in [1.807, 2.05) is 4.90 Å². The highest BCUT2D eigenvalue weighted by Gasteiger charge is 2.37. The van der Waals surface area contributed by atoms with Crippen LogP contribution in [-0.4, -0.2) is 34.5 Å². The fourth-order valence-electron chi connectivity index (χ4n) is 3.91. The third-order valence-corrected chi connectivity index (χ3v) is 4.90. The minimum Gasteiger partial charge on any atom is -0.478 e. The lowest BCUT2D eigenvalue weighted by Crippen LogP contribution is -2.46. The number of aromatic carboxylic acids is 1. The minimum absolute atomic E-state index is 0.0836. The van der Waals surface area contributed by atoms with E-state index in [2.05, 4.69) is 0 Å². The van der Waals surface area contributed by atoms with Gasteiger partial charge >= 0.3 is 5.97 Å². The van der Waals surface area contributed by atoms with Gasteiger partial charge in [-0.25, -0.2) is 4.79 Å². The van der Waals surface area contributed by atoms with Gasteiger partial charge in [-0.15, -0.1) is 0 Å². The van der Waals surface area contributed by atoms with E-state index < -0.39 is 5.97 Å². The van der Waals surface area contributed by atoms with Crippen molar-refractivity contribution in [3.8, 4) is 0 Å². The molecular formula is C17H21NO3. The van der Waals surface area contributed by atoms with Gasteiger partial charge in [0.2, 0.25) is 5.91 Å². The molecule has 1 N–H and O–H groups in total. The zero-order valence-electron chi connectivity index (χ0n) is 12.1. The van der Waals surface area contributed by atoms with Gasteiger partial charge in [0.25, 0.3) is 0 Å². The fraction of sp³-hybridized carbons (Fsp3) is 0.529. The average Bonchev–Trinajstić information content (AvgIpc) is 2.95. The second-order valence-corrected chi connectivity index (χ2v) is 6.13. The number of hydrogen-bond acceptors (Lipinski definition) is 2. The molecule has 1 heterocycles. The second kappa shape index (κ2) is 5.88. The molecule has 1 aliphatic heterocycles. The molecule has 2 atom stereocenters. The molecule has 1 aromatic rings. The van der Waals surface area contributed by atoms with Gasteiger partial charge in [-0.1, -0.05) is 24.6 Å². The summed E-state index contributed by atoms with van der Waals surface area (Å²) in [4.78, 5) is 25.9. The maximum absolute atomic E-state index is 12.6. The summed E-state index contributed by atoms with van der Waals surface area (Å²) in [5.41, 5.74) is 0.862. The van der Waals surface area contributed by atoms with Crippen LogP contribution in [0, 0.1) is 5.92 Å². The maximum atomic E-state index is 12.6. The number of fused-ring (bicyclic) bond motifs is 1. The van der Waals surface area contributed by atoms with Gasteiger partial charge in [0.15, 0.2) is 0 Å². The van der Waals surface area contributed by atoms with E-state index >= 15 is 0 Å². The van der Waals surface area contributed by atoms with Crippen molar-refractivity contribution in [3.05, 3.63) is 35.4 Å². The highest BCUT2D eigenvalue weighted by atomic mass is 16.4. The molecule has 0 aromatic heterocycles. The quantitative estimate of drug-likeness (QED) is 0.930. The van der Waals surface area contributed by atoms with Crippen molar-refractivity contribution in [2.75, 3.05) is 6.54 Å². The van der Waals surface area contributed by atoms with Crippen molar-refractivity contribution in [3.63, 3.8) is 0 Å². The van der Waals surface area contributed by atoms with Crippen LogP contribution in [0.3, 0.4) is 0 Å². The van der Waals surface area contributed by atoms with Gasteiger partial charge in [-0.05, 0) is 43.2 Å². The molecule has 3 rings (SSSR count). The van der Waals surface area contributed by atoms with E-state index in [4.69, 9.17) is 0 Å². The third kappa shape index (κ3) is 2.80. The first-order valence-corrected chi connectivity index (χ1v) is 7.77. The molecule has 0 spiro atoms. The van der Waals surface area contributed by atoms with Crippen LogP contribution < -0.4 is 0 Å². The molecule has 1 saturated carbocycles. The van der Waals surface area contributed by atoms with Crippen molar-refractivity contribution in [2.24, 2.45) is 5.92 Å². The number of carbonyl (C=O) groups excluding carboxylic acids is 1. The number of carboxylic acids is 1. The van der Waals surface area contributed by atoms with E-state index in [9.17, 15) is 14.7 Å². The Morgan fingerprint density at radius 1 is 1.14 bits per heavy atom. The highest BCUT2D eigenvalue weighted by Crippen LogP contribution is 2.37. The molecule has 1 aromatic carbocycles. The standard InChI is InChI=1S/C17H21NO3/c19-16(11-13-5-1-2-8-14(13)17(20)21)18-10-4-7-12-6-3-9-15(12)18/h1-2,5,8,12,15H,3-4,6-7,9-11H2,(H,20,21). The zero-order chi connectivity index (χ0) is 14.8. The normalized spacial score (nSPS) is 24.7. The molecule has 112 valence electrons. The van der Waals surface area contributed by atoms with Crippen molar-refractivity contribution in [1.82, 2.24) is 4.90 Å². The SMILES string of the molecule is O=C(O)c1ccccc1CC(=O)N1CCCC2CCCC21. The number of carboxylic acid groups (broad SMARTS) is 1. The third-order valence-electron chi connectivity index (χ3n) is 4.90. The topological polar surface area (TPSA) is 57.6 Å². The van der Waals surface area contributed by atoms with Crippen LogP contribution in [-0.2, 0) is 11.2 Å². The largest absolute Gasteiger partial charge is 0.478 e. The van der Waals surface area contributed by atoms with Gasteiger partial charge in [-0.2, -0.15) is 0 Å². The first-order chi connectivity index (χ1) is 10.2. The Morgan fingerprint density at radius 2 is 1.90 bits per heavy atom. The Bertz CT molecular complexity index is 555. The Kier molecular flexibility index (Phi) is 3.95. The van der Waals surface area contributed by atoms with Crippen molar-refractivity contribution < 1.29 is 14.7 Å². The lowest BCUT2D eigenvalue weighted by molar-refractivity contribution is -0.135. The number of hydrogen-bond donors (Lipinski definition) is 1. The zero-order valence-corrected chi connectivity index (χ0v) is 12.1. The Balaban J connectivity index is 1.76. The molecule has 2 unspecified atom stereocenters. The predicted molar refractivity (Wildman–Crippen MR) is 79.2 cm³/mol. The number of carbonyl (C=O) groups is 2. The molecule has 0 bridgehead atoms. The van der Waals surface area contributed by atoms with Crippen LogP contribution in [0.5, 0.6) is 0 Å². The Morgan fingerprint density at radius 3 is 2.71 bits per heavy atom. The molecule has 0 radical (unpaired) electrons. The summed E-state index contributed by atoms with van der Waals surface area (Å²) < 4.78 is 0. The predicted octanol–water partition coefficient (Wildman–Crippen LogP) is 2.72. The van der Waals surface area contributed by atoms with Crippen LogP contribution in [0.25, 0.3) is 0 Å². The first-order valence-electron chi connectivity index (χ1n) is 7.77. The second-order valence-electron chi connectivity index (χ2n) is 6.13. The van der Waals surface area contributed by atoms with E-state index in [0.717, 1.165) is 19.4 Å². The molecule has 4 heteroatoms. The number of rotatable bonds is 3. The highest BCUT2D eigenvalue weighted by molar-refractivity contribution is 5.91. The van der Waals surface area contributed by atoms with Crippen LogP contribution in [0.15, 0.2) is 24.3 Å². The van der Waals surface area contributed by atoms with Crippen molar-refractivity contribution in [1.29, 1.82) is 0 Å². The Labute approximate surface area is 124 Å². The van der Waals surface area contributed by atoms with Crippen LogP contribution in [0.4, 0.5) is 0 Å². The lowest BCUT2D eigenvalue weighted by Gasteiger charge is -2.38.